The summed E-state index contributed by atoms with van der Waals surface area (Å²) in [6.45, 7) is 4.13. The monoisotopic (exact) mass is 494 g/mol. The van der Waals surface area contributed by atoms with Gasteiger partial charge in [-0.25, -0.2) is 4.98 Å². The topological polar surface area (TPSA) is 137 Å². The highest BCUT2D eigenvalue weighted by Gasteiger charge is 2.17. The van der Waals surface area contributed by atoms with Gasteiger partial charge in [0.05, 0.1) is 24.1 Å². The van der Waals surface area contributed by atoms with Crippen molar-refractivity contribution in [1.82, 2.24) is 9.88 Å². The molecule has 2 aromatic carbocycles. The number of rotatable bonds is 8. The zero-order valence-electron chi connectivity index (χ0n) is 20.2. The van der Waals surface area contributed by atoms with Crippen molar-refractivity contribution in [2.45, 2.75) is 6.54 Å². The summed E-state index contributed by atoms with van der Waals surface area (Å²) in [4.78, 5) is 31.8. The lowest BCUT2D eigenvalue weighted by Crippen LogP contribution is -2.26. The number of nitrogens with two attached hydrogens (primary N) is 1. The van der Waals surface area contributed by atoms with Crippen LogP contribution in [0.15, 0.2) is 90.2 Å². The maximum Gasteiger partial charge on any atom is 0.259 e. The zero-order valence-corrected chi connectivity index (χ0v) is 20.2. The summed E-state index contributed by atoms with van der Waals surface area (Å²) in [5.74, 6) is 0.510. The first-order valence-corrected chi connectivity index (χ1v) is 11.4. The fraction of sp³-hybridized carbons (Fsp3) is 0.0714. The Labute approximate surface area is 214 Å². The first-order valence-electron chi connectivity index (χ1n) is 11.4. The first kappa shape index (κ1) is 24.9. The van der Waals surface area contributed by atoms with Crippen molar-refractivity contribution in [2.75, 3.05) is 23.4 Å². The van der Waals surface area contributed by atoms with Gasteiger partial charge in [-0.2, -0.15) is 0 Å². The van der Waals surface area contributed by atoms with Crippen molar-refractivity contribution >= 4 is 40.9 Å². The largest absolute Gasteiger partial charge is 0.467 e. The quantitative estimate of drug-likeness (QED) is 0.157. The number of pyridine rings is 1. The number of anilines is 3. The van der Waals surface area contributed by atoms with Gasteiger partial charge in [0.25, 0.3) is 11.8 Å². The van der Waals surface area contributed by atoms with Crippen molar-refractivity contribution in [3.63, 3.8) is 0 Å². The average Bonchev–Trinajstić information content (AvgIpc) is 3.42. The molecule has 4 rings (SSSR count). The van der Waals surface area contributed by atoms with Crippen molar-refractivity contribution < 1.29 is 14.0 Å². The second-order valence-corrected chi connectivity index (χ2v) is 8.26. The van der Waals surface area contributed by atoms with Crippen LogP contribution >= 0.6 is 0 Å². The molecule has 9 heteroatoms. The Morgan fingerprint density at radius 2 is 1.81 bits per heavy atom. The fourth-order valence-electron chi connectivity index (χ4n) is 3.55. The van der Waals surface area contributed by atoms with Crippen molar-refractivity contribution in [2.24, 2.45) is 0 Å². The maximum atomic E-state index is 13.0. The molecule has 0 aliphatic heterocycles. The molecule has 0 aliphatic carbocycles. The van der Waals surface area contributed by atoms with Crippen LogP contribution in [-0.4, -0.2) is 34.6 Å². The molecule has 37 heavy (non-hydrogen) atoms. The number of nitrogens with one attached hydrogen (secondary N) is 3. The third-order valence-corrected chi connectivity index (χ3v) is 5.58. The molecule has 5 N–H and O–H groups in total. The number of nitrogen functional groups attached to an aromatic ring is 1. The van der Waals surface area contributed by atoms with Gasteiger partial charge in [0.15, 0.2) is 0 Å². The molecule has 0 atom stereocenters. The summed E-state index contributed by atoms with van der Waals surface area (Å²) >= 11 is 0. The van der Waals surface area contributed by atoms with Crippen molar-refractivity contribution in [3.8, 4) is 0 Å². The van der Waals surface area contributed by atoms with E-state index in [0.717, 1.165) is 11.3 Å². The summed E-state index contributed by atoms with van der Waals surface area (Å²) in [6.07, 6.45) is 4.83. The molecule has 2 aromatic heterocycles. The lowest BCUT2D eigenvalue weighted by atomic mass is 10.1. The molecule has 0 spiro atoms. The second kappa shape index (κ2) is 11.0. The Kier molecular flexibility index (Phi) is 7.44. The minimum atomic E-state index is -0.468. The summed E-state index contributed by atoms with van der Waals surface area (Å²) in [7, 11) is 1.79. The lowest BCUT2D eigenvalue weighted by Gasteiger charge is -2.19. The van der Waals surface area contributed by atoms with Crippen LogP contribution in [0.3, 0.4) is 0 Å². The van der Waals surface area contributed by atoms with Gasteiger partial charge < -0.3 is 25.7 Å². The third-order valence-electron chi connectivity index (χ3n) is 5.58. The van der Waals surface area contributed by atoms with Gasteiger partial charge in [-0.1, -0.05) is 24.8 Å². The fourth-order valence-corrected chi connectivity index (χ4v) is 3.55. The van der Waals surface area contributed by atoms with E-state index in [1.807, 2.05) is 6.07 Å². The van der Waals surface area contributed by atoms with Gasteiger partial charge >= 0.3 is 0 Å². The predicted octanol–water partition coefficient (Wildman–Crippen LogP) is 4.86. The molecule has 4 aromatic rings. The number of carbonyl (C=O) groups excluding carboxylic acids is 2. The molecule has 0 unspecified atom stereocenters. The molecule has 186 valence electrons. The Morgan fingerprint density at radius 3 is 2.46 bits per heavy atom. The van der Waals surface area contributed by atoms with E-state index in [1.54, 1.807) is 85.1 Å². The van der Waals surface area contributed by atoms with E-state index in [4.69, 9.17) is 15.6 Å². The van der Waals surface area contributed by atoms with E-state index in [0.29, 0.717) is 34.9 Å². The average molecular weight is 495 g/mol. The van der Waals surface area contributed by atoms with E-state index < -0.39 is 11.8 Å². The minimum absolute atomic E-state index is 0.195. The summed E-state index contributed by atoms with van der Waals surface area (Å²) in [5, 5.41) is 13.9. The number of nitrogens with zero attached hydrogens (tertiary/aromatic N) is 2. The van der Waals surface area contributed by atoms with E-state index in [-0.39, 0.29) is 11.4 Å². The van der Waals surface area contributed by atoms with Gasteiger partial charge in [0.2, 0.25) is 0 Å². The van der Waals surface area contributed by atoms with E-state index in [2.05, 4.69) is 22.2 Å². The smallest absolute Gasteiger partial charge is 0.259 e. The van der Waals surface area contributed by atoms with Crippen LogP contribution in [0.1, 0.15) is 37.6 Å². The van der Waals surface area contributed by atoms with Crippen LogP contribution in [0, 0.1) is 5.41 Å². The number of amides is 2. The Morgan fingerprint density at radius 1 is 1.05 bits per heavy atom. The molecule has 0 fully saturated rings. The Hall–Kier alpha value is -5.18. The highest BCUT2D eigenvalue weighted by atomic mass is 16.3. The van der Waals surface area contributed by atoms with Crippen LogP contribution in [0.2, 0.25) is 0 Å². The minimum Gasteiger partial charge on any atom is -0.467 e. The molecule has 0 radical (unpaired) electrons. The van der Waals surface area contributed by atoms with Gasteiger partial charge in [-0.15, -0.1) is 0 Å². The van der Waals surface area contributed by atoms with Gasteiger partial charge in [-0.05, 0) is 60.2 Å². The number of furan rings is 1. The SMILES string of the molecule is C=Cc1ccc(NC(=O)c2cc(N)ccc2NC(=O)c2ccc(C(=N)N(C)Cc3ccco3)cc2)nc1. The number of hydrogen-bond donors (Lipinski definition) is 4. The van der Waals surface area contributed by atoms with Crippen LogP contribution < -0.4 is 16.4 Å². The van der Waals surface area contributed by atoms with Crippen molar-refractivity contribution in [1.29, 1.82) is 5.41 Å². The van der Waals surface area contributed by atoms with Crippen LogP contribution in [0.25, 0.3) is 6.08 Å². The van der Waals surface area contributed by atoms with E-state index >= 15 is 0 Å². The predicted molar refractivity (Wildman–Crippen MR) is 145 cm³/mol. The number of benzene rings is 2. The summed E-state index contributed by atoms with van der Waals surface area (Å²) < 4.78 is 5.34. The number of amidine groups is 1. The van der Waals surface area contributed by atoms with Crippen molar-refractivity contribution in [3.05, 3.63) is 114 Å². The van der Waals surface area contributed by atoms with Crippen LogP contribution in [0.4, 0.5) is 17.2 Å². The molecule has 0 aliphatic rings. The number of aromatic nitrogens is 1. The maximum absolute atomic E-state index is 13.0. The first-order chi connectivity index (χ1) is 17.8. The van der Waals surface area contributed by atoms with E-state index in [9.17, 15) is 9.59 Å². The molecular formula is C28H26N6O3. The number of hydrogen-bond acceptors (Lipinski definition) is 6. The highest BCUT2D eigenvalue weighted by Crippen LogP contribution is 2.22. The molecule has 2 heterocycles. The Balaban J connectivity index is 1.45. The Bertz CT molecular complexity index is 1430. The lowest BCUT2D eigenvalue weighted by molar-refractivity contribution is 0.102. The molecule has 0 saturated carbocycles. The van der Waals surface area contributed by atoms with E-state index in [1.165, 1.54) is 6.07 Å². The van der Waals surface area contributed by atoms with Gasteiger partial charge in [-0.3, -0.25) is 15.0 Å². The standard InChI is InChI=1S/C28H26N6O3/c1-3-18-6-13-25(31-16-18)33-28(36)23-15-21(29)11-12-24(23)32-27(35)20-9-7-19(8-10-20)26(30)34(2)17-22-5-4-14-37-22/h3-16,30H,1,17,29H2,2H3,(H,32,35)(H,31,33,36). The molecule has 9 nitrogen and oxygen atoms in total. The zero-order chi connectivity index (χ0) is 26.4. The summed E-state index contributed by atoms with van der Waals surface area (Å²) in [6, 6.07) is 18.4. The molecule has 0 bridgehead atoms. The van der Waals surface area contributed by atoms with Crippen LogP contribution in [-0.2, 0) is 6.54 Å². The van der Waals surface area contributed by atoms with Crippen LogP contribution in [0.5, 0.6) is 0 Å². The third kappa shape index (κ3) is 6.09. The summed E-state index contributed by atoms with van der Waals surface area (Å²) in [5.41, 5.74) is 8.61. The number of carbonyl (C=O) groups is 2. The molecule has 0 saturated heterocycles. The molecular weight excluding hydrogens is 468 g/mol. The van der Waals surface area contributed by atoms with Gasteiger partial charge in [0.1, 0.15) is 17.4 Å². The normalized spacial score (nSPS) is 10.4. The van der Waals surface area contributed by atoms with Gasteiger partial charge in [0, 0.05) is 30.1 Å². The molecule has 2 amide bonds. The second-order valence-electron chi connectivity index (χ2n) is 8.26. The highest BCUT2D eigenvalue weighted by molar-refractivity contribution is 6.13.